The van der Waals surface area contributed by atoms with E-state index >= 15 is 0 Å². The first kappa shape index (κ1) is 14.0. The Morgan fingerprint density at radius 1 is 1.47 bits per heavy atom. The summed E-state index contributed by atoms with van der Waals surface area (Å²) in [5.41, 5.74) is 0.311. The third-order valence-corrected chi connectivity index (χ3v) is 3.40. The Bertz CT molecular complexity index is 453. The summed E-state index contributed by atoms with van der Waals surface area (Å²) in [5, 5.41) is 12.2. The van der Waals surface area contributed by atoms with Gasteiger partial charge in [0.25, 0.3) is 0 Å². The standard InChI is InChI=1S/C14H19FN2O2/c1-10-6-8-17(13-5-3-2-4-11(13)15)14(19)12(16-10)7-9-18/h2-5,10,12,16,18H,6-9H2,1H3. The van der Waals surface area contributed by atoms with Crippen LogP contribution >= 0.6 is 0 Å². The predicted octanol–water partition coefficient (Wildman–Crippen LogP) is 1.29. The van der Waals surface area contributed by atoms with Crippen molar-refractivity contribution in [2.75, 3.05) is 18.1 Å². The van der Waals surface area contributed by atoms with Crippen LogP contribution in [0.3, 0.4) is 0 Å². The molecule has 1 amide bonds. The van der Waals surface area contributed by atoms with Crippen LogP contribution in [0, 0.1) is 5.82 Å². The molecule has 2 atom stereocenters. The van der Waals surface area contributed by atoms with E-state index in [1.54, 1.807) is 18.2 Å². The fraction of sp³-hybridized carbons (Fsp3) is 0.500. The minimum Gasteiger partial charge on any atom is -0.396 e. The molecule has 1 aromatic rings. The predicted molar refractivity (Wildman–Crippen MR) is 71.5 cm³/mol. The summed E-state index contributed by atoms with van der Waals surface area (Å²) in [6.45, 7) is 2.40. The Morgan fingerprint density at radius 2 is 2.21 bits per heavy atom. The first-order valence-corrected chi connectivity index (χ1v) is 6.56. The molecule has 4 nitrogen and oxygen atoms in total. The molecular formula is C14H19FN2O2. The highest BCUT2D eigenvalue weighted by Gasteiger charge is 2.30. The monoisotopic (exact) mass is 266 g/mol. The summed E-state index contributed by atoms with van der Waals surface area (Å²) < 4.78 is 13.8. The zero-order valence-corrected chi connectivity index (χ0v) is 11.0. The number of carbonyl (C=O) groups excluding carboxylic acids is 1. The van der Waals surface area contributed by atoms with Crippen molar-refractivity contribution in [3.05, 3.63) is 30.1 Å². The maximum Gasteiger partial charge on any atom is 0.244 e. The van der Waals surface area contributed by atoms with Crippen LogP contribution < -0.4 is 10.2 Å². The molecule has 0 aliphatic carbocycles. The number of nitrogens with one attached hydrogen (secondary N) is 1. The summed E-state index contributed by atoms with van der Waals surface area (Å²) in [5.74, 6) is -0.573. The van der Waals surface area contributed by atoms with Gasteiger partial charge in [-0.15, -0.1) is 0 Å². The number of rotatable bonds is 3. The molecule has 0 aromatic heterocycles. The van der Waals surface area contributed by atoms with Gasteiger partial charge in [0.2, 0.25) is 5.91 Å². The number of hydrogen-bond donors (Lipinski definition) is 2. The average molecular weight is 266 g/mol. The van der Waals surface area contributed by atoms with Crippen LogP contribution in [0.15, 0.2) is 24.3 Å². The van der Waals surface area contributed by atoms with Crippen LogP contribution in [0.25, 0.3) is 0 Å². The maximum atomic E-state index is 13.8. The summed E-state index contributed by atoms with van der Waals surface area (Å²) in [7, 11) is 0. The van der Waals surface area contributed by atoms with E-state index in [1.807, 2.05) is 6.92 Å². The van der Waals surface area contributed by atoms with E-state index in [9.17, 15) is 9.18 Å². The highest BCUT2D eigenvalue weighted by Crippen LogP contribution is 2.22. The molecule has 1 aliphatic rings. The van der Waals surface area contributed by atoms with Crippen LogP contribution in [-0.4, -0.2) is 36.2 Å². The van der Waals surface area contributed by atoms with Gasteiger partial charge in [-0.3, -0.25) is 4.79 Å². The lowest BCUT2D eigenvalue weighted by atomic mass is 10.1. The third kappa shape index (κ3) is 3.11. The highest BCUT2D eigenvalue weighted by molar-refractivity contribution is 5.97. The lowest BCUT2D eigenvalue weighted by molar-refractivity contribution is -0.120. The van der Waals surface area contributed by atoms with Crippen molar-refractivity contribution in [1.29, 1.82) is 0 Å². The second-order valence-corrected chi connectivity index (χ2v) is 4.86. The molecule has 2 N–H and O–H groups in total. The number of benzene rings is 1. The quantitative estimate of drug-likeness (QED) is 0.867. The fourth-order valence-electron chi connectivity index (χ4n) is 2.36. The molecule has 0 saturated carbocycles. The molecule has 2 rings (SSSR count). The van der Waals surface area contributed by atoms with Crippen LogP contribution in [0.5, 0.6) is 0 Å². The van der Waals surface area contributed by atoms with Crippen LogP contribution in [0.4, 0.5) is 10.1 Å². The Balaban J connectivity index is 2.28. The lowest BCUT2D eigenvalue weighted by Crippen LogP contribution is -2.46. The van der Waals surface area contributed by atoms with Crippen molar-refractivity contribution in [1.82, 2.24) is 5.32 Å². The van der Waals surface area contributed by atoms with E-state index < -0.39 is 11.9 Å². The number of amides is 1. The van der Waals surface area contributed by atoms with E-state index in [2.05, 4.69) is 5.32 Å². The zero-order valence-electron chi connectivity index (χ0n) is 11.0. The molecule has 1 heterocycles. The van der Waals surface area contributed by atoms with Crippen LogP contribution in [0.2, 0.25) is 0 Å². The molecular weight excluding hydrogens is 247 g/mol. The molecule has 1 aliphatic heterocycles. The summed E-state index contributed by atoms with van der Waals surface area (Å²) >= 11 is 0. The number of nitrogens with zero attached hydrogens (tertiary/aromatic N) is 1. The Hall–Kier alpha value is -1.46. The normalized spacial score (nSPS) is 24.4. The Labute approximate surface area is 112 Å². The van der Waals surface area contributed by atoms with Gasteiger partial charge in [-0.25, -0.2) is 4.39 Å². The van der Waals surface area contributed by atoms with Gasteiger partial charge in [0.15, 0.2) is 0 Å². The molecule has 1 aromatic carbocycles. The number of anilines is 1. The van der Waals surface area contributed by atoms with E-state index in [1.165, 1.54) is 11.0 Å². The van der Waals surface area contributed by atoms with Crippen LogP contribution in [-0.2, 0) is 4.79 Å². The molecule has 2 unspecified atom stereocenters. The first-order chi connectivity index (χ1) is 9.13. The van der Waals surface area contributed by atoms with Gasteiger partial charge in [0.1, 0.15) is 5.82 Å². The van der Waals surface area contributed by atoms with Crippen molar-refractivity contribution in [2.45, 2.75) is 31.8 Å². The van der Waals surface area contributed by atoms with Crippen molar-refractivity contribution < 1.29 is 14.3 Å². The van der Waals surface area contributed by atoms with Gasteiger partial charge in [0, 0.05) is 19.2 Å². The van der Waals surface area contributed by atoms with Gasteiger partial charge >= 0.3 is 0 Å². The Kier molecular flexibility index (Phi) is 4.50. The maximum absolute atomic E-state index is 13.8. The van der Waals surface area contributed by atoms with Gasteiger partial charge in [-0.1, -0.05) is 12.1 Å². The first-order valence-electron chi connectivity index (χ1n) is 6.56. The van der Waals surface area contributed by atoms with Crippen LogP contribution in [0.1, 0.15) is 19.8 Å². The van der Waals surface area contributed by atoms with Gasteiger partial charge < -0.3 is 15.3 Å². The minimum atomic E-state index is -0.456. The van der Waals surface area contributed by atoms with Gasteiger partial charge in [-0.05, 0) is 31.9 Å². The molecule has 19 heavy (non-hydrogen) atoms. The fourth-order valence-corrected chi connectivity index (χ4v) is 2.36. The molecule has 104 valence electrons. The van der Waals surface area contributed by atoms with Crippen molar-refractivity contribution in [3.63, 3.8) is 0 Å². The number of carbonyl (C=O) groups is 1. The number of halogens is 1. The van der Waals surface area contributed by atoms with Gasteiger partial charge in [-0.2, -0.15) is 0 Å². The van der Waals surface area contributed by atoms with E-state index in [0.717, 1.165) is 6.42 Å². The second kappa shape index (κ2) is 6.12. The lowest BCUT2D eigenvalue weighted by Gasteiger charge is -2.24. The van der Waals surface area contributed by atoms with Gasteiger partial charge in [0.05, 0.1) is 11.7 Å². The molecule has 1 saturated heterocycles. The molecule has 0 spiro atoms. The number of hydrogen-bond acceptors (Lipinski definition) is 3. The highest BCUT2D eigenvalue weighted by atomic mass is 19.1. The molecule has 0 radical (unpaired) electrons. The Morgan fingerprint density at radius 3 is 2.89 bits per heavy atom. The van der Waals surface area contributed by atoms with E-state index in [4.69, 9.17) is 5.11 Å². The third-order valence-electron chi connectivity index (χ3n) is 3.40. The SMILES string of the molecule is CC1CCN(c2ccccc2F)C(=O)C(CCO)N1. The van der Waals surface area contributed by atoms with E-state index in [0.29, 0.717) is 18.7 Å². The number of aliphatic hydroxyl groups is 1. The summed E-state index contributed by atoms with van der Waals surface area (Å²) in [6, 6.07) is 5.99. The second-order valence-electron chi connectivity index (χ2n) is 4.86. The topological polar surface area (TPSA) is 52.6 Å². The van der Waals surface area contributed by atoms with Crippen molar-refractivity contribution >= 4 is 11.6 Å². The van der Waals surface area contributed by atoms with Crippen molar-refractivity contribution in [3.8, 4) is 0 Å². The number of para-hydroxylation sites is 1. The molecule has 1 fully saturated rings. The number of aliphatic hydroxyl groups excluding tert-OH is 1. The largest absolute Gasteiger partial charge is 0.396 e. The minimum absolute atomic E-state index is 0.0682. The average Bonchev–Trinajstić information content (AvgIpc) is 2.52. The van der Waals surface area contributed by atoms with Crippen molar-refractivity contribution in [2.24, 2.45) is 0 Å². The zero-order chi connectivity index (χ0) is 13.8. The summed E-state index contributed by atoms with van der Waals surface area (Å²) in [4.78, 5) is 13.9. The molecule has 5 heteroatoms. The smallest absolute Gasteiger partial charge is 0.244 e. The summed E-state index contributed by atoms with van der Waals surface area (Å²) in [6.07, 6.45) is 1.09. The molecule has 0 bridgehead atoms. The van der Waals surface area contributed by atoms with E-state index in [-0.39, 0.29) is 18.6 Å².